The van der Waals surface area contributed by atoms with Crippen molar-refractivity contribution in [2.24, 2.45) is 0 Å². The summed E-state index contributed by atoms with van der Waals surface area (Å²) in [5.74, 6) is -0.302. The highest BCUT2D eigenvalue weighted by Gasteiger charge is 2.09. The zero-order valence-electron chi connectivity index (χ0n) is 13.8. The average Bonchev–Trinajstić information content (AvgIpc) is 3.11. The van der Waals surface area contributed by atoms with Crippen molar-refractivity contribution in [1.29, 1.82) is 0 Å². The van der Waals surface area contributed by atoms with Crippen LogP contribution < -0.4 is 5.32 Å². The molecule has 0 atom stereocenters. The molecule has 0 aliphatic heterocycles. The lowest BCUT2D eigenvalue weighted by Crippen LogP contribution is -2.14. The number of hydrogen-bond acceptors (Lipinski definition) is 4. The van der Waals surface area contributed by atoms with Crippen molar-refractivity contribution in [3.8, 4) is 0 Å². The molecule has 2 aromatic carbocycles. The minimum Gasteiger partial charge on any atom is -0.320 e. The standard InChI is InChI=1S/C20H15N5O/c26-20(19-13-21-11-12-22-19)23-16-7-3-1-5-14(16)9-10-18-15-6-2-4-8-17(15)24-25-18/h1-13H,(H,23,26)(H,24,25)/b10-9+. The molecule has 0 unspecified atom stereocenters. The molecule has 4 rings (SSSR count). The number of nitrogens with zero attached hydrogens (tertiary/aromatic N) is 3. The number of H-pyrrole nitrogens is 1. The monoisotopic (exact) mass is 341 g/mol. The molecule has 126 valence electrons. The van der Waals surface area contributed by atoms with Crippen LogP contribution in [0.25, 0.3) is 23.1 Å². The SMILES string of the molecule is O=C(Nc1ccccc1/C=C/c1n[nH]c2ccccc12)c1cnccn1. The minimum absolute atomic E-state index is 0.268. The zero-order valence-corrected chi connectivity index (χ0v) is 13.8. The summed E-state index contributed by atoms with van der Waals surface area (Å²) in [5, 5.41) is 11.3. The summed E-state index contributed by atoms with van der Waals surface area (Å²) < 4.78 is 0. The highest BCUT2D eigenvalue weighted by Crippen LogP contribution is 2.21. The van der Waals surface area contributed by atoms with E-state index in [9.17, 15) is 4.79 Å². The molecule has 0 spiro atoms. The molecule has 0 bridgehead atoms. The van der Waals surface area contributed by atoms with E-state index in [0.717, 1.165) is 22.2 Å². The molecule has 0 aliphatic carbocycles. The molecule has 2 aromatic heterocycles. The van der Waals surface area contributed by atoms with Gasteiger partial charge in [-0.15, -0.1) is 0 Å². The van der Waals surface area contributed by atoms with Gasteiger partial charge in [0, 0.05) is 23.5 Å². The first-order chi connectivity index (χ1) is 12.8. The predicted octanol–water partition coefficient (Wildman–Crippen LogP) is 3.78. The van der Waals surface area contributed by atoms with Gasteiger partial charge in [-0.3, -0.25) is 14.9 Å². The Morgan fingerprint density at radius 3 is 2.73 bits per heavy atom. The first-order valence-electron chi connectivity index (χ1n) is 8.09. The number of rotatable bonds is 4. The summed E-state index contributed by atoms with van der Waals surface area (Å²) in [5.41, 5.74) is 3.66. The Balaban J connectivity index is 1.61. The molecule has 26 heavy (non-hydrogen) atoms. The van der Waals surface area contributed by atoms with Gasteiger partial charge in [-0.05, 0) is 23.8 Å². The largest absolute Gasteiger partial charge is 0.320 e. The number of anilines is 1. The molecule has 2 N–H and O–H groups in total. The maximum absolute atomic E-state index is 12.3. The number of para-hydroxylation sites is 2. The molecule has 0 radical (unpaired) electrons. The Morgan fingerprint density at radius 2 is 1.85 bits per heavy atom. The van der Waals surface area contributed by atoms with Gasteiger partial charge in [-0.2, -0.15) is 5.10 Å². The summed E-state index contributed by atoms with van der Waals surface area (Å²) in [6.07, 6.45) is 8.30. The molecular formula is C20H15N5O. The number of fused-ring (bicyclic) bond motifs is 1. The van der Waals surface area contributed by atoms with Crippen LogP contribution in [0.4, 0.5) is 5.69 Å². The normalized spacial score (nSPS) is 11.1. The van der Waals surface area contributed by atoms with Gasteiger partial charge in [0.05, 0.1) is 17.4 Å². The van der Waals surface area contributed by atoms with Gasteiger partial charge >= 0.3 is 0 Å². The molecule has 6 heteroatoms. The number of nitrogens with one attached hydrogen (secondary N) is 2. The van der Waals surface area contributed by atoms with Crippen LogP contribution in [0, 0.1) is 0 Å². The summed E-state index contributed by atoms with van der Waals surface area (Å²) >= 11 is 0. The molecule has 0 aliphatic rings. The van der Waals surface area contributed by atoms with E-state index in [1.807, 2.05) is 60.7 Å². The molecule has 6 nitrogen and oxygen atoms in total. The lowest BCUT2D eigenvalue weighted by Gasteiger charge is -2.07. The van der Waals surface area contributed by atoms with E-state index in [4.69, 9.17) is 0 Å². The molecule has 0 saturated heterocycles. The van der Waals surface area contributed by atoms with E-state index >= 15 is 0 Å². The number of aromatic nitrogens is 4. The van der Waals surface area contributed by atoms with Crippen LogP contribution in [0.2, 0.25) is 0 Å². The second kappa shape index (κ2) is 6.98. The van der Waals surface area contributed by atoms with Gasteiger partial charge in [0.15, 0.2) is 0 Å². The number of carbonyl (C=O) groups excluding carboxylic acids is 1. The van der Waals surface area contributed by atoms with Crippen LogP contribution in [-0.4, -0.2) is 26.1 Å². The molecule has 1 amide bonds. The second-order valence-electron chi connectivity index (χ2n) is 5.62. The Labute approximate surface area is 149 Å². The van der Waals surface area contributed by atoms with Crippen molar-refractivity contribution in [2.45, 2.75) is 0 Å². The maximum Gasteiger partial charge on any atom is 0.275 e. The average molecular weight is 341 g/mol. The van der Waals surface area contributed by atoms with Crippen LogP contribution in [0.15, 0.2) is 67.1 Å². The van der Waals surface area contributed by atoms with Crippen molar-refractivity contribution >= 4 is 34.6 Å². The van der Waals surface area contributed by atoms with Crippen molar-refractivity contribution < 1.29 is 4.79 Å². The van der Waals surface area contributed by atoms with Gasteiger partial charge in [0.25, 0.3) is 5.91 Å². The van der Waals surface area contributed by atoms with Crippen LogP contribution in [-0.2, 0) is 0 Å². The third kappa shape index (κ3) is 3.21. The highest BCUT2D eigenvalue weighted by atomic mass is 16.1. The summed E-state index contributed by atoms with van der Waals surface area (Å²) in [4.78, 5) is 20.3. The predicted molar refractivity (Wildman–Crippen MR) is 101 cm³/mol. The topological polar surface area (TPSA) is 83.6 Å². The van der Waals surface area contributed by atoms with Crippen LogP contribution in [0.3, 0.4) is 0 Å². The second-order valence-corrected chi connectivity index (χ2v) is 5.62. The maximum atomic E-state index is 12.3. The number of aromatic amines is 1. The van der Waals surface area contributed by atoms with E-state index in [0.29, 0.717) is 5.69 Å². The van der Waals surface area contributed by atoms with Gasteiger partial charge in [-0.25, -0.2) is 4.98 Å². The Morgan fingerprint density at radius 1 is 1.00 bits per heavy atom. The lowest BCUT2D eigenvalue weighted by atomic mass is 10.1. The molecule has 0 fully saturated rings. The first-order valence-corrected chi connectivity index (χ1v) is 8.09. The van der Waals surface area contributed by atoms with Crippen LogP contribution >= 0.6 is 0 Å². The summed E-state index contributed by atoms with van der Waals surface area (Å²) in [6, 6.07) is 15.5. The summed E-state index contributed by atoms with van der Waals surface area (Å²) in [7, 11) is 0. The fourth-order valence-corrected chi connectivity index (χ4v) is 2.64. The molecule has 4 aromatic rings. The minimum atomic E-state index is -0.302. The molecule has 0 saturated carbocycles. The van der Waals surface area contributed by atoms with Crippen LogP contribution in [0.1, 0.15) is 21.7 Å². The first kappa shape index (κ1) is 15.7. The van der Waals surface area contributed by atoms with E-state index in [2.05, 4.69) is 25.5 Å². The lowest BCUT2D eigenvalue weighted by molar-refractivity contribution is 0.102. The van der Waals surface area contributed by atoms with Crippen molar-refractivity contribution in [3.63, 3.8) is 0 Å². The van der Waals surface area contributed by atoms with Gasteiger partial charge in [-0.1, -0.05) is 42.5 Å². The summed E-state index contributed by atoms with van der Waals surface area (Å²) in [6.45, 7) is 0. The van der Waals surface area contributed by atoms with Gasteiger partial charge in [0.2, 0.25) is 0 Å². The fraction of sp³-hybridized carbons (Fsp3) is 0. The number of amides is 1. The number of hydrogen-bond donors (Lipinski definition) is 2. The molecule has 2 heterocycles. The quantitative estimate of drug-likeness (QED) is 0.592. The van der Waals surface area contributed by atoms with Crippen LogP contribution in [0.5, 0.6) is 0 Å². The Kier molecular flexibility index (Phi) is 4.22. The van der Waals surface area contributed by atoms with Crippen molar-refractivity contribution in [1.82, 2.24) is 20.2 Å². The van der Waals surface area contributed by atoms with Gasteiger partial charge in [0.1, 0.15) is 5.69 Å². The zero-order chi connectivity index (χ0) is 17.8. The third-order valence-corrected chi connectivity index (χ3v) is 3.93. The number of carbonyl (C=O) groups is 1. The van der Waals surface area contributed by atoms with Crippen molar-refractivity contribution in [2.75, 3.05) is 5.32 Å². The van der Waals surface area contributed by atoms with E-state index in [1.165, 1.54) is 18.6 Å². The van der Waals surface area contributed by atoms with E-state index < -0.39 is 0 Å². The van der Waals surface area contributed by atoms with E-state index in [1.54, 1.807) is 0 Å². The van der Waals surface area contributed by atoms with Gasteiger partial charge < -0.3 is 5.32 Å². The van der Waals surface area contributed by atoms with E-state index in [-0.39, 0.29) is 11.6 Å². The Hall–Kier alpha value is -3.80. The third-order valence-electron chi connectivity index (χ3n) is 3.93. The van der Waals surface area contributed by atoms with Crippen molar-refractivity contribution in [3.05, 3.63) is 84.1 Å². The highest BCUT2D eigenvalue weighted by molar-refractivity contribution is 6.04. The smallest absolute Gasteiger partial charge is 0.275 e. The number of benzene rings is 2. The Bertz CT molecular complexity index is 1090. The molecular weight excluding hydrogens is 326 g/mol. The fourth-order valence-electron chi connectivity index (χ4n) is 2.64.